The highest BCUT2D eigenvalue weighted by atomic mass is 32.2. The summed E-state index contributed by atoms with van der Waals surface area (Å²) in [6, 6.07) is 4.25. The number of aromatic nitrogens is 3. The second kappa shape index (κ2) is 5.08. The van der Waals surface area contributed by atoms with Crippen molar-refractivity contribution in [3.63, 3.8) is 0 Å². The fraction of sp³-hybridized carbons (Fsp3) is 0.417. The van der Waals surface area contributed by atoms with Crippen LogP contribution >= 0.6 is 0 Å². The van der Waals surface area contributed by atoms with Crippen LogP contribution in [0.1, 0.15) is 13.3 Å². The molecule has 0 saturated carbocycles. The van der Waals surface area contributed by atoms with E-state index < -0.39 is 22.0 Å². The molecule has 8 nitrogen and oxygen atoms in total. The summed E-state index contributed by atoms with van der Waals surface area (Å²) in [7, 11) is -3.95. The quantitative estimate of drug-likeness (QED) is 0.836. The third kappa shape index (κ3) is 2.61. The number of hydrogen-bond donors (Lipinski definition) is 2. The number of fused-ring (bicyclic) bond motifs is 1. The summed E-state index contributed by atoms with van der Waals surface area (Å²) in [5, 5.41) is 10.1. The predicted molar refractivity (Wildman–Crippen MR) is 72.7 cm³/mol. The van der Waals surface area contributed by atoms with Crippen LogP contribution in [0.2, 0.25) is 0 Å². The van der Waals surface area contributed by atoms with Gasteiger partial charge in [0.1, 0.15) is 17.1 Å². The van der Waals surface area contributed by atoms with Crippen LogP contribution in [-0.2, 0) is 19.6 Å². The summed E-state index contributed by atoms with van der Waals surface area (Å²) in [4.78, 5) is 12.0. The number of sulfonamides is 1. The van der Waals surface area contributed by atoms with Crippen molar-refractivity contribution in [3.05, 3.63) is 18.2 Å². The van der Waals surface area contributed by atoms with Crippen molar-refractivity contribution in [1.29, 1.82) is 0 Å². The first-order valence-corrected chi connectivity index (χ1v) is 7.94. The number of aromatic amines is 1. The van der Waals surface area contributed by atoms with Crippen LogP contribution in [0.15, 0.2) is 23.1 Å². The third-order valence-corrected chi connectivity index (χ3v) is 4.82. The molecule has 1 aliphatic heterocycles. The molecule has 0 radical (unpaired) electrons. The number of rotatable bonds is 3. The maximum atomic E-state index is 12.2. The van der Waals surface area contributed by atoms with E-state index in [2.05, 4.69) is 20.1 Å². The average molecular weight is 310 g/mol. The Morgan fingerprint density at radius 2 is 2.14 bits per heavy atom. The summed E-state index contributed by atoms with van der Waals surface area (Å²) < 4.78 is 31.8. The lowest BCUT2D eigenvalue weighted by molar-refractivity contribution is -0.129. The number of nitrogens with zero attached hydrogens (tertiary/aromatic N) is 2. The molecule has 2 atom stereocenters. The number of benzene rings is 1. The van der Waals surface area contributed by atoms with Crippen LogP contribution in [0.5, 0.6) is 0 Å². The van der Waals surface area contributed by atoms with Gasteiger partial charge in [0.2, 0.25) is 0 Å². The van der Waals surface area contributed by atoms with Crippen molar-refractivity contribution >= 4 is 27.0 Å². The number of H-pyrrole nitrogens is 1. The topological polar surface area (TPSA) is 114 Å². The zero-order valence-electron chi connectivity index (χ0n) is 11.2. The number of hydrogen-bond acceptors (Lipinski definition) is 6. The zero-order chi connectivity index (χ0) is 15.0. The molecule has 2 N–H and O–H groups in total. The highest BCUT2D eigenvalue weighted by molar-refractivity contribution is 7.90. The van der Waals surface area contributed by atoms with E-state index in [4.69, 9.17) is 4.74 Å². The predicted octanol–water partition coefficient (Wildman–Crippen LogP) is 0.188. The molecule has 1 aliphatic rings. The van der Waals surface area contributed by atoms with Gasteiger partial charge in [-0.15, -0.1) is 0 Å². The van der Waals surface area contributed by atoms with Gasteiger partial charge in [0.15, 0.2) is 0 Å². The molecule has 2 heterocycles. The Bertz CT molecular complexity index is 785. The van der Waals surface area contributed by atoms with Crippen LogP contribution in [0.25, 0.3) is 11.0 Å². The highest BCUT2D eigenvalue weighted by Crippen LogP contribution is 2.21. The second-order valence-electron chi connectivity index (χ2n) is 5.00. The fourth-order valence-electron chi connectivity index (χ4n) is 2.27. The molecule has 0 aliphatic carbocycles. The van der Waals surface area contributed by atoms with E-state index in [0.717, 1.165) is 6.42 Å². The molecule has 9 heteroatoms. The van der Waals surface area contributed by atoms with Crippen molar-refractivity contribution in [3.8, 4) is 0 Å². The van der Waals surface area contributed by atoms with Gasteiger partial charge in [0.25, 0.3) is 15.9 Å². The molecule has 0 spiro atoms. The normalized spacial score (nSPS) is 22.5. The van der Waals surface area contributed by atoms with Gasteiger partial charge >= 0.3 is 0 Å². The molecule has 1 aromatic heterocycles. The van der Waals surface area contributed by atoms with E-state index in [9.17, 15) is 13.2 Å². The Morgan fingerprint density at radius 3 is 2.86 bits per heavy atom. The van der Waals surface area contributed by atoms with Gasteiger partial charge in [-0.2, -0.15) is 15.4 Å². The summed E-state index contributed by atoms with van der Waals surface area (Å²) in [5.41, 5.74) is 0.962. The standard InChI is InChI=1S/C12H14N4O4S/c1-7-4-5-20-11(7)12(17)15-21(18,19)8-2-3-9-10(6-8)14-16-13-9/h2-3,6-7,11H,4-5H2,1H3,(H,15,17)(H,13,14,16)/t7-,11+/m1/s1. The highest BCUT2D eigenvalue weighted by Gasteiger charge is 2.33. The fourth-order valence-corrected chi connectivity index (χ4v) is 3.28. The van der Waals surface area contributed by atoms with Crippen molar-refractivity contribution in [1.82, 2.24) is 20.1 Å². The molecule has 3 rings (SSSR count). The summed E-state index contributed by atoms with van der Waals surface area (Å²) in [6.07, 6.45) is 0.0128. The first-order chi connectivity index (χ1) is 9.97. The smallest absolute Gasteiger partial charge is 0.264 e. The maximum absolute atomic E-state index is 12.2. The minimum atomic E-state index is -3.95. The van der Waals surface area contributed by atoms with E-state index in [1.165, 1.54) is 18.2 Å². The van der Waals surface area contributed by atoms with Gasteiger partial charge in [-0.25, -0.2) is 13.1 Å². The maximum Gasteiger partial charge on any atom is 0.264 e. The van der Waals surface area contributed by atoms with E-state index in [0.29, 0.717) is 17.6 Å². The summed E-state index contributed by atoms with van der Waals surface area (Å²) in [6.45, 7) is 2.31. The molecular formula is C12H14N4O4S. The van der Waals surface area contributed by atoms with E-state index >= 15 is 0 Å². The van der Waals surface area contributed by atoms with E-state index in [-0.39, 0.29) is 10.8 Å². The largest absolute Gasteiger partial charge is 0.368 e. The lowest BCUT2D eigenvalue weighted by atomic mass is 10.0. The minimum Gasteiger partial charge on any atom is -0.368 e. The molecule has 112 valence electrons. The molecular weight excluding hydrogens is 296 g/mol. The zero-order valence-corrected chi connectivity index (χ0v) is 12.1. The molecule has 2 aromatic rings. The van der Waals surface area contributed by atoms with Crippen molar-refractivity contribution in [2.75, 3.05) is 6.61 Å². The lowest BCUT2D eigenvalue weighted by Gasteiger charge is -2.14. The number of amides is 1. The van der Waals surface area contributed by atoms with Crippen LogP contribution in [0, 0.1) is 5.92 Å². The van der Waals surface area contributed by atoms with Gasteiger partial charge in [0.05, 0.1) is 4.90 Å². The Balaban J connectivity index is 1.84. The molecule has 1 fully saturated rings. The Labute approximate surface area is 120 Å². The SMILES string of the molecule is C[C@@H]1CCO[C@@H]1C(=O)NS(=O)(=O)c1ccc2n[nH]nc2c1. The summed E-state index contributed by atoms with van der Waals surface area (Å²) >= 11 is 0. The summed E-state index contributed by atoms with van der Waals surface area (Å²) in [5.74, 6) is -0.640. The first-order valence-electron chi connectivity index (χ1n) is 6.46. The first kappa shape index (κ1) is 14.0. The second-order valence-corrected chi connectivity index (χ2v) is 6.68. The molecule has 1 saturated heterocycles. The van der Waals surface area contributed by atoms with Crippen molar-refractivity contribution in [2.24, 2.45) is 5.92 Å². The molecule has 21 heavy (non-hydrogen) atoms. The molecule has 1 aromatic carbocycles. The molecule has 0 bridgehead atoms. The number of nitrogens with one attached hydrogen (secondary N) is 2. The number of carbonyl (C=O) groups excluding carboxylic acids is 1. The number of carbonyl (C=O) groups is 1. The Morgan fingerprint density at radius 1 is 1.38 bits per heavy atom. The monoisotopic (exact) mass is 310 g/mol. The average Bonchev–Trinajstić information content (AvgIpc) is 3.05. The third-order valence-electron chi connectivity index (χ3n) is 3.48. The number of ether oxygens (including phenoxy) is 1. The van der Waals surface area contributed by atoms with Crippen molar-refractivity contribution in [2.45, 2.75) is 24.3 Å². The molecule has 1 amide bonds. The van der Waals surface area contributed by atoms with Crippen LogP contribution in [-0.4, -0.2) is 42.4 Å². The van der Waals surface area contributed by atoms with Gasteiger partial charge < -0.3 is 4.74 Å². The van der Waals surface area contributed by atoms with E-state index in [1.807, 2.05) is 6.92 Å². The molecule has 0 unspecified atom stereocenters. The van der Waals surface area contributed by atoms with E-state index in [1.54, 1.807) is 0 Å². The van der Waals surface area contributed by atoms with Gasteiger partial charge in [-0.1, -0.05) is 6.92 Å². The van der Waals surface area contributed by atoms with Crippen LogP contribution in [0.3, 0.4) is 0 Å². The van der Waals surface area contributed by atoms with Gasteiger partial charge in [-0.05, 0) is 30.5 Å². The van der Waals surface area contributed by atoms with Gasteiger partial charge in [0, 0.05) is 6.61 Å². The van der Waals surface area contributed by atoms with Gasteiger partial charge in [-0.3, -0.25) is 4.79 Å². The van der Waals surface area contributed by atoms with Crippen LogP contribution in [0.4, 0.5) is 0 Å². The Kier molecular flexibility index (Phi) is 3.38. The Hall–Kier alpha value is -2.00. The minimum absolute atomic E-state index is 0.00165. The van der Waals surface area contributed by atoms with Crippen molar-refractivity contribution < 1.29 is 17.9 Å². The lowest BCUT2D eigenvalue weighted by Crippen LogP contribution is -2.40. The van der Waals surface area contributed by atoms with Crippen LogP contribution < -0.4 is 4.72 Å².